The van der Waals surface area contributed by atoms with Crippen LogP contribution in [0, 0.1) is 11.3 Å². The predicted molar refractivity (Wildman–Crippen MR) is 90.6 cm³/mol. The maximum absolute atomic E-state index is 11.1. The van der Waals surface area contributed by atoms with Crippen molar-refractivity contribution in [2.75, 3.05) is 19.7 Å². The van der Waals surface area contributed by atoms with Gasteiger partial charge in [-0.15, -0.1) is 0 Å². The molecule has 1 saturated heterocycles. The maximum Gasteiger partial charge on any atom is 0.140 e. The highest BCUT2D eigenvalue weighted by molar-refractivity contribution is 5.36. The summed E-state index contributed by atoms with van der Waals surface area (Å²) in [6.45, 7) is 2.24. The molecule has 1 aliphatic carbocycles. The van der Waals surface area contributed by atoms with Crippen LogP contribution in [0.5, 0.6) is 0 Å². The van der Waals surface area contributed by atoms with Crippen molar-refractivity contribution in [3.8, 4) is 6.07 Å². The van der Waals surface area contributed by atoms with E-state index in [1.54, 1.807) is 18.5 Å². The van der Waals surface area contributed by atoms with E-state index >= 15 is 0 Å². The van der Waals surface area contributed by atoms with Gasteiger partial charge in [0.1, 0.15) is 17.4 Å². The van der Waals surface area contributed by atoms with E-state index in [9.17, 15) is 5.11 Å². The number of aliphatic hydroxyl groups is 1. The predicted octanol–water partition coefficient (Wildman–Crippen LogP) is 1.77. The molecule has 2 aliphatic rings. The maximum atomic E-state index is 11.1. The number of hydrogen-bond donors (Lipinski definition) is 2. The van der Waals surface area contributed by atoms with Crippen LogP contribution in [0.25, 0.3) is 0 Å². The number of morpholine rings is 1. The van der Waals surface area contributed by atoms with Gasteiger partial charge in [0.2, 0.25) is 0 Å². The third-order valence-corrected chi connectivity index (χ3v) is 5.09. The lowest BCUT2D eigenvalue weighted by atomic mass is 9.65. The van der Waals surface area contributed by atoms with Gasteiger partial charge in [0.05, 0.1) is 18.4 Å². The Bertz CT molecular complexity index is 805. The first-order chi connectivity index (χ1) is 12.2. The Hall–Kier alpha value is -2.33. The summed E-state index contributed by atoms with van der Waals surface area (Å²) in [4.78, 5) is 8.50. The summed E-state index contributed by atoms with van der Waals surface area (Å²) in [5.41, 5.74) is 2.19. The first-order valence-electron chi connectivity index (χ1n) is 8.56. The third kappa shape index (κ3) is 3.02. The van der Waals surface area contributed by atoms with Crippen molar-refractivity contribution in [2.24, 2.45) is 0 Å². The zero-order chi connectivity index (χ0) is 17.3. The molecule has 2 fully saturated rings. The first-order valence-corrected chi connectivity index (χ1v) is 8.56. The van der Waals surface area contributed by atoms with Crippen LogP contribution in [0.4, 0.5) is 0 Å². The van der Waals surface area contributed by atoms with Crippen LogP contribution < -0.4 is 5.32 Å². The van der Waals surface area contributed by atoms with Crippen molar-refractivity contribution in [2.45, 2.75) is 30.5 Å². The fourth-order valence-electron chi connectivity index (χ4n) is 3.78. The Kier molecular flexibility index (Phi) is 4.22. The fraction of sp³-hybridized carbons (Fsp3) is 0.421. The van der Waals surface area contributed by atoms with Crippen molar-refractivity contribution in [1.82, 2.24) is 15.3 Å². The Morgan fingerprint density at radius 1 is 1.28 bits per heavy atom. The topological polar surface area (TPSA) is 91.1 Å². The molecule has 0 aromatic carbocycles. The molecule has 1 atom stereocenters. The minimum Gasteiger partial charge on any atom is -0.383 e. The summed E-state index contributed by atoms with van der Waals surface area (Å²) >= 11 is 0. The lowest BCUT2D eigenvalue weighted by molar-refractivity contribution is -0.0629. The van der Waals surface area contributed by atoms with Crippen LogP contribution in [0.1, 0.15) is 47.4 Å². The molecule has 6 nitrogen and oxygen atoms in total. The molecule has 4 rings (SSSR count). The summed E-state index contributed by atoms with van der Waals surface area (Å²) in [5.74, 6) is 0.209. The summed E-state index contributed by atoms with van der Waals surface area (Å²) < 4.78 is 5.85. The molecule has 1 aliphatic heterocycles. The Labute approximate surface area is 146 Å². The van der Waals surface area contributed by atoms with Crippen LogP contribution in [-0.2, 0) is 10.3 Å². The molecule has 2 aromatic rings. The number of rotatable bonds is 3. The largest absolute Gasteiger partial charge is 0.383 e. The lowest BCUT2D eigenvalue weighted by Crippen LogP contribution is -2.43. The van der Waals surface area contributed by atoms with Crippen molar-refractivity contribution in [3.63, 3.8) is 0 Å². The van der Waals surface area contributed by atoms with E-state index in [-0.39, 0.29) is 12.0 Å². The zero-order valence-corrected chi connectivity index (χ0v) is 13.9. The smallest absolute Gasteiger partial charge is 0.140 e. The first kappa shape index (κ1) is 16.2. The third-order valence-electron chi connectivity index (χ3n) is 5.09. The summed E-state index contributed by atoms with van der Waals surface area (Å²) in [6, 6.07) is 9.66. The van der Waals surface area contributed by atoms with Crippen molar-refractivity contribution in [1.29, 1.82) is 5.26 Å². The standard InChI is InChI=1S/C19H20N4O2/c20-11-15-8-13(3-5-22-15)14-9-19(24,10-14)18-16(2-1-4-23-18)17-12-21-6-7-25-17/h1-5,8,14,17,21,24H,6-7,9-10,12H2. The highest BCUT2D eigenvalue weighted by atomic mass is 16.5. The molecule has 0 bridgehead atoms. The van der Waals surface area contributed by atoms with Gasteiger partial charge in [0, 0.05) is 31.0 Å². The molecular weight excluding hydrogens is 316 g/mol. The normalized spacial score (nSPS) is 28.8. The number of nitrogens with zero attached hydrogens (tertiary/aromatic N) is 3. The quantitative estimate of drug-likeness (QED) is 0.888. The van der Waals surface area contributed by atoms with E-state index in [0.717, 1.165) is 29.9 Å². The molecule has 128 valence electrons. The van der Waals surface area contributed by atoms with Gasteiger partial charge in [-0.25, -0.2) is 4.98 Å². The molecule has 2 N–H and O–H groups in total. The van der Waals surface area contributed by atoms with Crippen LogP contribution in [0.2, 0.25) is 0 Å². The number of hydrogen-bond acceptors (Lipinski definition) is 6. The van der Waals surface area contributed by atoms with E-state index in [1.807, 2.05) is 18.2 Å². The van der Waals surface area contributed by atoms with Gasteiger partial charge in [-0.2, -0.15) is 5.26 Å². The van der Waals surface area contributed by atoms with Gasteiger partial charge in [0.25, 0.3) is 0 Å². The van der Waals surface area contributed by atoms with Gasteiger partial charge in [-0.05, 0) is 42.5 Å². The van der Waals surface area contributed by atoms with Crippen LogP contribution >= 0.6 is 0 Å². The second-order valence-electron chi connectivity index (χ2n) is 6.73. The highest BCUT2D eigenvalue weighted by Gasteiger charge is 2.47. The average Bonchev–Trinajstić information content (AvgIpc) is 2.66. The zero-order valence-electron chi connectivity index (χ0n) is 13.9. The van der Waals surface area contributed by atoms with Crippen molar-refractivity contribution in [3.05, 3.63) is 59.2 Å². The summed E-state index contributed by atoms with van der Waals surface area (Å²) in [5, 5.41) is 23.5. The molecular formula is C19H20N4O2. The molecule has 0 amide bonds. The second-order valence-corrected chi connectivity index (χ2v) is 6.73. The Balaban J connectivity index is 1.56. The number of aromatic nitrogens is 2. The van der Waals surface area contributed by atoms with Gasteiger partial charge in [-0.1, -0.05) is 6.07 Å². The van der Waals surface area contributed by atoms with E-state index in [1.165, 1.54) is 0 Å². The van der Waals surface area contributed by atoms with E-state index in [2.05, 4.69) is 21.4 Å². The molecule has 0 spiro atoms. The number of nitrogens with one attached hydrogen (secondary N) is 1. The minimum absolute atomic E-state index is 0.0772. The van der Waals surface area contributed by atoms with Crippen molar-refractivity contribution < 1.29 is 9.84 Å². The van der Waals surface area contributed by atoms with E-state index in [4.69, 9.17) is 10.00 Å². The van der Waals surface area contributed by atoms with Gasteiger partial charge < -0.3 is 15.2 Å². The monoisotopic (exact) mass is 336 g/mol. The number of ether oxygens (including phenoxy) is 1. The summed E-state index contributed by atoms with van der Waals surface area (Å²) in [7, 11) is 0. The Morgan fingerprint density at radius 3 is 2.92 bits per heavy atom. The van der Waals surface area contributed by atoms with E-state index in [0.29, 0.717) is 25.1 Å². The van der Waals surface area contributed by atoms with E-state index < -0.39 is 5.60 Å². The Morgan fingerprint density at radius 2 is 2.16 bits per heavy atom. The lowest BCUT2D eigenvalue weighted by Gasteiger charge is -2.45. The molecule has 1 unspecified atom stereocenters. The van der Waals surface area contributed by atoms with Crippen LogP contribution in [-0.4, -0.2) is 34.8 Å². The molecule has 0 radical (unpaired) electrons. The second kappa shape index (κ2) is 6.52. The molecule has 1 saturated carbocycles. The number of pyridine rings is 2. The molecule has 6 heteroatoms. The van der Waals surface area contributed by atoms with Gasteiger partial charge >= 0.3 is 0 Å². The summed E-state index contributed by atoms with van der Waals surface area (Å²) in [6.07, 6.45) is 4.48. The average molecular weight is 336 g/mol. The van der Waals surface area contributed by atoms with Gasteiger partial charge in [-0.3, -0.25) is 4.98 Å². The van der Waals surface area contributed by atoms with Crippen molar-refractivity contribution >= 4 is 0 Å². The SMILES string of the molecule is N#Cc1cc(C2CC(O)(c3ncccc3C3CNCCO3)C2)ccn1. The highest BCUT2D eigenvalue weighted by Crippen LogP contribution is 2.51. The molecule has 2 aromatic heterocycles. The number of nitriles is 1. The molecule has 25 heavy (non-hydrogen) atoms. The van der Waals surface area contributed by atoms with Crippen LogP contribution in [0.3, 0.4) is 0 Å². The van der Waals surface area contributed by atoms with Gasteiger partial charge in [0.15, 0.2) is 0 Å². The molecule has 3 heterocycles. The minimum atomic E-state index is -0.946. The van der Waals surface area contributed by atoms with Crippen LogP contribution in [0.15, 0.2) is 36.7 Å². The fourth-order valence-corrected chi connectivity index (χ4v) is 3.78.